The van der Waals surface area contributed by atoms with Crippen LogP contribution in [0.4, 0.5) is 25.1 Å². The average molecular weight is 325 g/mol. The molecule has 0 bridgehead atoms. The Labute approximate surface area is 129 Å². The highest BCUT2D eigenvalue weighted by atomic mass is 32.1. The molecule has 0 unspecified atom stereocenters. The fourth-order valence-corrected chi connectivity index (χ4v) is 2.68. The van der Waals surface area contributed by atoms with Crippen molar-refractivity contribution in [2.45, 2.75) is 0 Å². The van der Waals surface area contributed by atoms with Crippen LogP contribution in [0.3, 0.4) is 0 Å². The highest BCUT2D eigenvalue weighted by molar-refractivity contribution is 6.99. The van der Waals surface area contributed by atoms with Crippen molar-refractivity contribution in [3.63, 3.8) is 0 Å². The zero-order chi connectivity index (χ0) is 15.5. The van der Waals surface area contributed by atoms with Crippen molar-refractivity contribution in [3.05, 3.63) is 36.0 Å². The molecule has 1 aromatic carbocycles. The second-order valence-corrected chi connectivity index (χ2v) is 5.32. The summed E-state index contributed by atoms with van der Waals surface area (Å²) in [6, 6.07) is 2.94. The molecule has 1 saturated heterocycles. The molecule has 1 aliphatic rings. The van der Waals surface area contributed by atoms with E-state index in [0.717, 1.165) is 29.7 Å². The van der Waals surface area contributed by atoms with Crippen molar-refractivity contribution in [1.82, 2.24) is 13.6 Å². The molecule has 0 aliphatic carbocycles. The van der Waals surface area contributed by atoms with Crippen LogP contribution in [0.2, 0.25) is 0 Å². The predicted molar refractivity (Wildman–Crippen MR) is 79.1 cm³/mol. The molecule has 2 heterocycles. The Balaban J connectivity index is 1.60. The van der Waals surface area contributed by atoms with Crippen LogP contribution in [0.1, 0.15) is 0 Å². The number of amides is 2. The van der Waals surface area contributed by atoms with Crippen LogP contribution < -0.4 is 10.2 Å². The van der Waals surface area contributed by atoms with Gasteiger partial charge in [-0.2, -0.15) is 8.75 Å². The number of nitrogens with zero attached hydrogens (tertiary/aromatic N) is 4. The van der Waals surface area contributed by atoms with Crippen molar-refractivity contribution < 1.29 is 13.6 Å². The average Bonchev–Trinajstić information content (AvgIpc) is 3.05. The van der Waals surface area contributed by atoms with E-state index in [4.69, 9.17) is 0 Å². The molecule has 0 spiro atoms. The maximum atomic E-state index is 13.5. The Morgan fingerprint density at radius 2 is 1.86 bits per heavy atom. The number of anilines is 2. The van der Waals surface area contributed by atoms with Crippen LogP contribution in [0.25, 0.3) is 0 Å². The Hall–Kier alpha value is -2.29. The minimum Gasteiger partial charge on any atom is -0.351 e. The topological polar surface area (TPSA) is 61.4 Å². The van der Waals surface area contributed by atoms with Gasteiger partial charge in [0.1, 0.15) is 17.3 Å². The first-order valence-corrected chi connectivity index (χ1v) is 7.40. The standard InChI is InChI=1S/C13H13F2N5OS/c14-9-2-1-3-10(15)12(9)17-13(21)20-6-4-19(5-7-20)11-8-16-22-18-11/h1-3,8H,4-7H2,(H,17,21). The lowest BCUT2D eigenvalue weighted by molar-refractivity contribution is 0.208. The summed E-state index contributed by atoms with van der Waals surface area (Å²) in [6.45, 7) is 2.08. The van der Waals surface area contributed by atoms with E-state index >= 15 is 0 Å². The summed E-state index contributed by atoms with van der Waals surface area (Å²) in [4.78, 5) is 15.6. The molecule has 6 nitrogen and oxygen atoms in total. The minimum atomic E-state index is -0.791. The second-order valence-electron chi connectivity index (χ2n) is 4.77. The van der Waals surface area contributed by atoms with E-state index in [2.05, 4.69) is 14.1 Å². The molecule has 3 rings (SSSR count). The molecule has 1 fully saturated rings. The van der Waals surface area contributed by atoms with E-state index in [9.17, 15) is 13.6 Å². The maximum absolute atomic E-state index is 13.5. The van der Waals surface area contributed by atoms with Gasteiger partial charge in [-0.05, 0) is 12.1 Å². The zero-order valence-corrected chi connectivity index (χ0v) is 12.3. The third-order valence-corrected chi connectivity index (χ3v) is 3.90. The number of rotatable bonds is 2. The highest BCUT2D eigenvalue weighted by Gasteiger charge is 2.23. The van der Waals surface area contributed by atoms with E-state index in [1.807, 2.05) is 4.90 Å². The molecule has 9 heteroatoms. The number of halogens is 2. The molecule has 1 N–H and O–H groups in total. The van der Waals surface area contributed by atoms with Gasteiger partial charge in [0.25, 0.3) is 0 Å². The number of para-hydroxylation sites is 1. The van der Waals surface area contributed by atoms with Crippen LogP contribution in [0.15, 0.2) is 24.4 Å². The normalized spacial score (nSPS) is 15.0. The predicted octanol–water partition coefficient (Wildman–Crippen LogP) is 2.17. The van der Waals surface area contributed by atoms with Gasteiger partial charge in [-0.1, -0.05) is 6.07 Å². The summed E-state index contributed by atoms with van der Waals surface area (Å²) in [5, 5.41) is 2.29. The summed E-state index contributed by atoms with van der Waals surface area (Å²) < 4.78 is 35.1. The SMILES string of the molecule is O=C(Nc1c(F)cccc1F)N1CCN(c2cnsn2)CC1. The molecule has 1 aliphatic heterocycles. The van der Waals surface area contributed by atoms with Crippen molar-refractivity contribution in [3.8, 4) is 0 Å². The van der Waals surface area contributed by atoms with E-state index in [1.165, 1.54) is 11.0 Å². The van der Waals surface area contributed by atoms with Gasteiger partial charge in [0.15, 0.2) is 5.82 Å². The van der Waals surface area contributed by atoms with Gasteiger partial charge in [-0.15, -0.1) is 0 Å². The third-order valence-electron chi connectivity index (χ3n) is 3.44. The van der Waals surface area contributed by atoms with Gasteiger partial charge >= 0.3 is 6.03 Å². The number of urea groups is 1. The smallest absolute Gasteiger partial charge is 0.322 e. The van der Waals surface area contributed by atoms with Crippen LogP contribution in [-0.2, 0) is 0 Å². The number of hydrogen-bond donors (Lipinski definition) is 1. The van der Waals surface area contributed by atoms with Crippen molar-refractivity contribution >= 4 is 29.3 Å². The molecule has 0 atom stereocenters. The number of benzene rings is 1. The largest absolute Gasteiger partial charge is 0.351 e. The second kappa shape index (κ2) is 6.22. The third kappa shape index (κ3) is 2.98. The maximum Gasteiger partial charge on any atom is 0.322 e. The van der Waals surface area contributed by atoms with Crippen molar-refractivity contribution in [2.24, 2.45) is 0 Å². The van der Waals surface area contributed by atoms with E-state index in [-0.39, 0.29) is 0 Å². The van der Waals surface area contributed by atoms with Crippen LogP contribution >= 0.6 is 11.7 Å². The fraction of sp³-hybridized carbons (Fsp3) is 0.308. The Bertz CT molecular complexity index is 638. The Kier molecular flexibility index (Phi) is 4.14. The first kappa shape index (κ1) is 14.6. The summed E-state index contributed by atoms with van der Waals surface area (Å²) in [6.07, 6.45) is 1.68. The van der Waals surface area contributed by atoms with Gasteiger partial charge in [-0.3, -0.25) is 0 Å². The molecule has 2 aromatic rings. The molecule has 2 amide bonds. The summed E-state index contributed by atoms with van der Waals surface area (Å²) in [5.74, 6) is -0.800. The number of hydrogen-bond acceptors (Lipinski definition) is 5. The summed E-state index contributed by atoms with van der Waals surface area (Å²) >= 11 is 1.13. The molecule has 0 saturated carbocycles. The molecule has 116 valence electrons. The zero-order valence-electron chi connectivity index (χ0n) is 11.5. The minimum absolute atomic E-state index is 0.418. The first-order valence-electron chi connectivity index (χ1n) is 6.67. The van der Waals surface area contributed by atoms with Gasteiger partial charge in [-0.25, -0.2) is 13.6 Å². The Morgan fingerprint density at radius 3 is 2.45 bits per heavy atom. The fourth-order valence-electron chi connectivity index (χ4n) is 2.24. The lowest BCUT2D eigenvalue weighted by atomic mass is 10.3. The van der Waals surface area contributed by atoms with Crippen molar-refractivity contribution in [1.29, 1.82) is 0 Å². The van der Waals surface area contributed by atoms with E-state index < -0.39 is 23.4 Å². The number of aromatic nitrogens is 2. The monoisotopic (exact) mass is 325 g/mol. The lowest BCUT2D eigenvalue weighted by Gasteiger charge is -2.34. The molecule has 22 heavy (non-hydrogen) atoms. The van der Waals surface area contributed by atoms with E-state index in [0.29, 0.717) is 26.2 Å². The number of carbonyl (C=O) groups is 1. The molecular weight excluding hydrogens is 312 g/mol. The van der Waals surface area contributed by atoms with Gasteiger partial charge in [0, 0.05) is 26.2 Å². The van der Waals surface area contributed by atoms with E-state index in [1.54, 1.807) is 6.20 Å². The van der Waals surface area contributed by atoms with Gasteiger partial charge in [0.2, 0.25) is 0 Å². The van der Waals surface area contributed by atoms with Gasteiger partial charge in [0.05, 0.1) is 17.9 Å². The summed E-state index contributed by atoms with van der Waals surface area (Å²) in [5.41, 5.74) is -0.418. The van der Waals surface area contributed by atoms with Crippen LogP contribution in [-0.4, -0.2) is 45.9 Å². The highest BCUT2D eigenvalue weighted by Crippen LogP contribution is 2.19. The summed E-state index contributed by atoms with van der Waals surface area (Å²) in [7, 11) is 0. The molecule has 1 aromatic heterocycles. The first-order chi connectivity index (χ1) is 10.6. The van der Waals surface area contributed by atoms with Crippen LogP contribution in [0, 0.1) is 11.6 Å². The number of nitrogens with one attached hydrogen (secondary N) is 1. The quantitative estimate of drug-likeness (QED) is 0.919. The Morgan fingerprint density at radius 1 is 1.18 bits per heavy atom. The van der Waals surface area contributed by atoms with Crippen molar-refractivity contribution in [2.75, 3.05) is 36.4 Å². The number of carbonyl (C=O) groups excluding carboxylic acids is 1. The molecular formula is C13H13F2N5OS. The molecule has 0 radical (unpaired) electrons. The van der Waals surface area contributed by atoms with Crippen LogP contribution in [0.5, 0.6) is 0 Å². The number of piperazine rings is 1. The van der Waals surface area contributed by atoms with Gasteiger partial charge < -0.3 is 15.1 Å². The lowest BCUT2D eigenvalue weighted by Crippen LogP contribution is -2.50.